The molecule has 60 valence electrons. The lowest BCUT2D eigenvalue weighted by atomic mass is 10.3. The molecule has 0 unspecified atom stereocenters. The summed E-state index contributed by atoms with van der Waals surface area (Å²) < 4.78 is 0. The Bertz CT molecular complexity index is 394. The van der Waals surface area contributed by atoms with Crippen LogP contribution in [-0.2, 0) is 0 Å². The number of carbonyl (C=O) groups excluding carboxylic acids is 1. The molecule has 0 aromatic carbocycles. The first kappa shape index (κ1) is 6.78. The highest BCUT2D eigenvalue weighted by molar-refractivity contribution is 5.89. The molecule has 0 fully saturated rings. The second kappa shape index (κ2) is 2.30. The Morgan fingerprint density at radius 3 is 3.08 bits per heavy atom. The number of nitrogens with two attached hydrogens (primary N) is 1. The summed E-state index contributed by atoms with van der Waals surface area (Å²) in [6, 6.07) is 1.75. The van der Waals surface area contributed by atoms with Gasteiger partial charge in [-0.05, 0) is 6.07 Å². The van der Waals surface area contributed by atoms with Gasteiger partial charge < -0.3 is 10.7 Å². The van der Waals surface area contributed by atoms with Gasteiger partial charge in [0, 0.05) is 6.20 Å². The average Bonchev–Trinajstić information content (AvgIpc) is 2.49. The molecular formula is C7H6N4O. The standard InChI is InChI=1S/C7H6N4O/c8-6(12)7-10-3-5-4(11-7)1-2-9-5/h1-3H,(H2,8,12)(H,10,11). The number of hydrogen-bond donors (Lipinski definition) is 2. The molecule has 5 nitrogen and oxygen atoms in total. The minimum atomic E-state index is -0.571. The molecule has 0 aromatic heterocycles. The number of carbonyl (C=O) groups is 1. The van der Waals surface area contributed by atoms with Crippen LogP contribution >= 0.6 is 0 Å². The Hall–Kier alpha value is -1.91. The van der Waals surface area contributed by atoms with Crippen molar-refractivity contribution in [3.63, 3.8) is 0 Å². The van der Waals surface area contributed by atoms with Crippen LogP contribution in [0.3, 0.4) is 0 Å². The summed E-state index contributed by atoms with van der Waals surface area (Å²) in [5, 5.41) is 0. The molecule has 2 heterocycles. The summed E-state index contributed by atoms with van der Waals surface area (Å²) in [5.41, 5.74) is 6.51. The van der Waals surface area contributed by atoms with Crippen LogP contribution in [0.4, 0.5) is 0 Å². The Labute approximate surface area is 68.0 Å². The molecule has 1 amide bonds. The van der Waals surface area contributed by atoms with Gasteiger partial charge in [-0.2, -0.15) is 0 Å². The molecule has 3 N–H and O–H groups in total. The molecule has 0 aliphatic carbocycles. The van der Waals surface area contributed by atoms with Crippen LogP contribution in [0.2, 0.25) is 0 Å². The van der Waals surface area contributed by atoms with Crippen LogP contribution in [0.25, 0.3) is 11.4 Å². The van der Waals surface area contributed by atoms with E-state index in [4.69, 9.17) is 5.73 Å². The summed E-state index contributed by atoms with van der Waals surface area (Å²) in [7, 11) is 0. The number of hydrogen-bond acceptors (Lipinski definition) is 3. The number of H-pyrrole nitrogens is 1. The minimum absolute atomic E-state index is 0.149. The summed E-state index contributed by atoms with van der Waals surface area (Å²) in [4.78, 5) is 21.2. The Morgan fingerprint density at radius 2 is 2.33 bits per heavy atom. The fourth-order valence-corrected chi connectivity index (χ4v) is 0.966. The van der Waals surface area contributed by atoms with E-state index in [1.54, 1.807) is 12.3 Å². The highest BCUT2D eigenvalue weighted by atomic mass is 16.1. The molecule has 2 aliphatic rings. The molecule has 0 aromatic rings. The Balaban J connectivity index is 2.62. The molecule has 2 aliphatic heterocycles. The number of nitrogens with zero attached hydrogens (tertiary/aromatic N) is 2. The molecule has 2 rings (SSSR count). The lowest BCUT2D eigenvalue weighted by molar-refractivity contribution is 0.0990. The lowest BCUT2D eigenvalue weighted by Crippen LogP contribution is -2.15. The van der Waals surface area contributed by atoms with E-state index in [0.717, 1.165) is 11.4 Å². The fraction of sp³-hybridized carbons (Fsp3) is 0. The van der Waals surface area contributed by atoms with Crippen molar-refractivity contribution in [2.24, 2.45) is 5.73 Å². The predicted octanol–water partition coefficient (Wildman–Crippen LogP) is 0.00840. The van der Waals surface area contributed by atoms with Crippen molar-refractivity contribution in [2.75, 3.05) is 0 Å². The molecular weight excluding hydrogens is 156 g/mol. The molecule has 0 spiro atoms. The van der Waals surface area contributed by atoms with Crippen molar-refractivity contribution in [3.8, 4) is 11.4 Å². The number of aromatic nitrogens is 3. The number of amides is 1. The predicted molar refractivity (Wildman–Crippen MR) is 41.5 cm³/mol. The van der Waals surface area contributed by atoms with Crippen LogP contribution in [0.5, 0.6) is 0 Å². The summed E-state index contributed by atoms with van der Waals surface area (Å²) in [5.74, 6) is -0.423. The third kappa shape index (κ3) is 0.914. The molecule has 0 radical (unpaired) electrons. The van der Waals surface area contributed by atoms with E-state index in [0.29, 0.717) is 0 Å². The van der Waals surface area contributed by atoms with Crippen molar-refractivity contribution >= 4 is 5.91 Å². The van der Waals surface area contributed by atoms with Crippen LogP contribution in [0.1, 0.15) is 10.6 Å². The van der Waals surface area contributed by atoms with Crippen molar-refractivity contribution in [3.05, 3.63) is 24.3 Å². The summed E-state index contributed by atoms with van der Waals surface area (Å²) in [6.45, 7) is 0. The molecule has 5 heteroatoms. The first-order valence-corrected chi connectivity index (χ1v) is 3.37. The van der Waals surface area contributed by atoms with Crippen LogP contribution in [0.15, 0.2) is 18.5 Å². The van der Waals surface area contributed by atoms with Gasteiger partial charge in [-0.15, -0.1) is 0 Å². The minimum Gasteiger partial charge on any atom is -0.363 e. The molecule has 0 bridgehead atoms. The second-order valence-corrected chi connectivity index (χ2v) is 2.34. The zero-order chi connectivity index (χ0) is 8.55. The van der Waals surface area contributed by atoms with E-state index in [9.17, 15) is 4.79 Å². The molecule has 0 saturated heterocycles. The van der Waals surface area contributed by atoms with Crippen LogP contribution in [-0.4, -0.2) is 20.9 Å². The monoisotopic (exact) mass is 162 g/mol. The van der Waals surface area contributed by atoms with Gasteiger partial charge in [-0.3, -0.25) is 9.78 Å². The van der Waals surface area contributed by atoms with Gasteiger partial charge in [0.15, 0.2) is 5.82 Å². The third-order valence-electron chi connectivity index (χ3n) is 1.53. The van der Waals surface area contributed by atoms with E-state index >= 15 is 0 Å². The van der Waals surface area contributed by atoms with Gasteiger partial charge in [0.2, 0.25) is 0 Å². The highest BCUT2D eigenvalue weighted by Gasteiger charge is 2.08. The largest absolute Gasteiger partial charge is 0.363 e. The highest BCUT2D eigenvalue weighted by Crippen LogP contribution is 2.14. The zero-order valence-electron chi connectivity index (χ0n) is 6.11. The smallest absolute Gasteiger partial charge is 0.284 e. The quantitative estimate of drug-likeness (QED) is 0.619. The summed E-state index contributed by atoms with van der Waals surface area (Å²) >= 11 is 0. The maximum atomic E-state index is 10.7. The average molecular weight is 162 g/mol. The van der Waals surface area contributed by atoms with Gasteiger partial charge in [-0.1, -0.05) is 0 Å². The van der Waals surface area contributed by atoms with Gasteiger partial charge in [0.05, 0.1) is 11.9 Å². The topological polar surface area (TPSA) is 84.7 Å². The zero-order valence-corrected chi connectivity index (χ0v) is 6.11. The van der Waals surface area contributed by atoms with E-state index in [2.05, 4.69) is 15.0 Å². The second-order valence-electron chi connectivity index (χ2n) is 2.34. The third-order valence-corrected chi connectivity index (χ3v) is 1.53. The number of nitrogens with one attached hydrogen (secondary N) is 1. The maximum absolute atomic E-state index is 10.7. The maximum Gasteiger partial charge on any atom is 0.284 e. The molecule has 12 heavy (non-hydrogen) atoms. The number of rotatable bonds is 1. The molecule has 0 saturated carbocycles. The molecule has 0 atom stereocenters. The lowest BCUT2D eigenvalue weighted by Gasteiger charge is -1.98. The van der Waals surface area contributed by atoms with E-state index in [-0.39, 0.29) is 5.82 Å². The first-order valence-electron chi connectivity index (χ1n) is 3.37. The number of fused-ring (bicyclic) bond motifs is 1. The van der Waals surface area contributed by atoms with Gasteiger partial charge in [-0.25, -0.2) is 4.98 Å². The van der Waals surface area contributed by atoms with Crippen molar-refractivity contribution < 1.29 is 4.79 Å². The van der Waals surface area contributed by atoms with Crippen molar-refractivity contribution in [1.82, 2.24) is 15.0 Å². The van der Waals surface area contributed by atoms with E-state index in [1.807, 2.05) is 0 Å². The number of aromatic amines is 1. The van der Waals surface area contributed by atoms with Gasteiger partial charge in [0.1, 0.15) is 5.69 Å². The fourth-order valence-electron chi connectivity index (χ4n) is 0.966. The first-order chi connectivity index (χ1) is 5.77. The normalized spacial score (nSPS) is 10.3. The van der Waals surface area contributed by atoms with E-state index < -0.39 is 5.91 Å². The SMILES string of the molecule is NC(=O)c1ncc2nccc-2[nH]1. The van der Waals surface area contributed by atoms with Crippen molar-refractivity contribution in [1.29, 1.82) is 0 Å². The Kier molecular flexibility index (Phi) is 1.30. The van der Waals surface area contributed by atoms with Gasteiger partial charge in [0.25, 0.3) is 5.91 Å². The van der Waals surface area contributed by atoms with Crippen molar-refractivity contribution in [2.45, 2.75) is 0 Å². The van der Waals surface area contributed by atoms with E-state index in [1.165, 1.54) is 6.20 Å². The Morgan fingerprint density at radius 1 is 1.50 bits per heavy atom. The number of primary amides is 1. The van der Waals surface area contributed by atoms with Gasteiger partial charge >= 0.3 is 0 Å². The van der Waals surface area contributed by atoms with Crippen LogP contribution in [0, 0.1) is 0 Å². The van der Waals surface area contributed by atoms with Crippen LogP contribution < -0.4 is 5.73 Å². The summed E-state index contributed by atoms with van der Waals surface area (Å²) in [6.07, 6.45) is 3.14.